The predicted octanol–water partition coefficient (Wildman–Crippen LogP) is 5.07. The molecule has 1 aromatic carbocycles. The maximum Gasteiger partial charge on any atom is 0.0611 e. The fourth-order valence-corrected chi connectivity index (χ4v) is 4.65. The lowest BCUT2D eigenvalue weighted by Gasteiger charge is -2.18. The lowest BCUT2D eigenvalue weighted by atomic mass is 9.88. The first-order chi connectivity index (χ1) is 12.5. The summed E-state index contributed by atoms with van der Waals surface area (Å²) in [6, 6.07) is 8.63. The van der Waals surface area contributed by atoms with Crippen LogP contribution in [0, 0.1) is 24.7 Å². The van der Waals surface area contributed by atoms with E-state index in [0.29, 0.717) is 17.8 Å². The maximum atomic E-state index is 10.5. The first kappa shape index (κ1) is 19.4. The van der Waals surface area contributed by atoms with Crippen molar-refractivity contribution in [3.8, 4) is 0 Å². The van der Waals surface area contributed by atoms with Crippen LogP contribution in [0.15, 0.2) is 42.0 Å². The summed E-state index contributed by atoms with van der Waals surface area (Å²) in [6.45, 7) is 3.31. The van der Waals surface area contributed by atoms with E-state index in [0.717, 1.165) is 6.42 Å². The first-order valence-corrected chi connectivity index (χ1v) is 10.3. The van der Waals surface area contributed by atoms with E-state index in [1.165, 1.54) is 49.8 Å². The van der Waals surface area contributed by atoms with Crippen molar-refractivity contribution >= 4 is 6.08 Å². The minimum Gasteiger partial charge on any atom is -0.392 e. The third kappa shape index (κ3) is 5.08. The lowest BCUT2D eigenvalue weighted by molar-refractivity contribution is 0.141. The average molecular weight is 354 g/mol. The second-order valence-corrected chi connectivity index (χ2v) is 8.62. The number of hydrogen-bond acceptors (Lipinski definition) is 2. The van der Waals surface area contributed by atoms with Gasteiger partial charge in [0.25, 0.3) is 0 Å². The van der Waals surface area contributed by atoms with Crippen LogP contribution in [0.4, 0.5) is 0 Å². The molecule has 0 heterocycles. The van der Waals surface area contributed by atoms with E-state index < -0.39 is 0 Å². The van der Waals surface area contributed by atoms with E-state index in [2.05, 4.69) is 68.4 Å². The van der Waals surface area contributed by atoms with Crippen LogP contribution < -0.4 is 0 Å². The third-order valence-electron chi connectivity index (χ3n) is 6.14. The largest absolute Gasteiger partial charge is 0.392 e. The van der Waals surface area contributed by atoms with Crippen molar-refractivity contribution in [3.05, 3.63) is 53.1 Å². The molecule has 0 radical (unpaired) electrons. The summed E-state index contributed by atoms with van der Waals surface area (Å²) in [6.07, 6.45) is 14.1. The van der Waals surface area contributed by atoms with Crippen LogP contribution in [-0.4, -0.2) is 36.8 Å². The predicted molar refractivity (Wildman–Crippen MR) is 111 cm³/mol. The number of aliphatic hydroxyl groups is 1. The topological polar surface area (TPSA) is 23.5 Å². The van der Waals surface area contributed by atoms with Crippen molar-refractivity contribution in [2.45, 2.75) is 51.6 Å². The van der Waals surface area contributed by atoms with E-state index in [1.807, 2.05) is 0 Å². The normalized spacial score (nSPS) is 28.1. The Labute approximate surface area is 159 Å². The Morgan fingerprint density at radius 3 is 2.62 bits per heavy atom. The monoisotopic (exact) mass is 353 g/mol. The summed E-state index contributed by atoms with van der Waals surface area (Å²) in [5.41, 5.74) is 4.17. The molecule has 0 amide bonds. The van der Waals surface area contributed by atoms with Crippen LogP contribution >= 0.6 is 0 Å². The van der Waals surface area contributed by atoms with Gasteiger partial charge in [-0.15, -0.1) is 0 Å². The van der Waals surface area contributed by atoms with E-state index in [4.69, 9.17) is 0 Å². The average Bonchev–Trinajstić information content (AvgIpc) is 3.10. The first-order valence-electron chi connectivity index (χ1n) is 10.3. The van der Waals surface area contributed by atoms with E-state index in [9.17, 15) is 5.11 Å². The Morgan fingerprint density at radius 2 is 1.88 bits per heavy atom. The number of fused-ring (bicyclic) bond motifs is 1. The van der Waals surface area contributed by atoms with Crippen molar-refractivity contribution < 1.29 is 5.11 Å². The molecule has 2 aliphatic carbocycles. The van der Waals surface area contributed by atoms with Gasteiger partial charge in [-0.2, -0.15) is 0 Å². The van der Waals surface area contributed by atoms with Crippen molar-refractivity contribution in [1.29, 1.82) is 0 Å². The van der Waals surface area contributed by atoms with Crippen LogP contribution in [0.25, 0.3) is 6.08 Å². The van der Waals surface area contributed by atoms with Gasteiger partial charge in [-0.3, -0.25) is 0 Å². The number of nitrogens with zero attached hydrogens (tertiary/aromatic N) is 1. The Morgan fingerprint density at radius 1 is 1.12 bits per heavy atom. The maximum absolute atomic E-state index is 10.5. The van der Waals surface area contributed by atoms with Gasteiger partial charge in [0.15, 0.2) is 0 Å². The van der Waals surface area contributed by atoms with Gasteiger partial charge < -0.3 is 10.0 Å². The minimum absolute atomic E-state index is 0.176. The van der Waals surface area contributed by atoms with Crippen molar-refractivity contribution in [2.24, 2.45) is 17.8 Å². The summed E-state index contributed by atoms with van der Waals surface area (Å²) in [5, 5.41) is 10.5. The van der Waals surface area contributed by atoms with E-state index in [1.54, 1.807) is 5.57 Å². The molecule has 142 valence electrons. The van der Waals surface area contributed by atoms with Gasteiger partial charge in [0.1, 0.15) is 0 Å². The van der Waals surface area contributed by atoms with E-state index in [-0.39, 0.29) is 6.10 Å². The molecule has 0 bridgehead atoms. The lowest BCUT2D eigenvalue weighted by Crippen LogP contribution is -2.16. The molecule has 2 nitrogen and oxygen atoms in total. The summed E-state index contributed by atoms with van der Waals surface area (Å²) < 4.78 is 0. The minimum atomic E-state index is -0.176. The zero-order chi connectivity index (χ0) is 18.5. The highest BCUT2D eigenvalue weighted by Gasteiger charge is 2.43. The number of aryl methyl sites for hydroxylation is 1. The summed E-state index contributed by atoms with van der Waals surface area (Å²) in [7, 11) is 4.30. The van der Waals surface area contributed by atoms with Crippen molar-refractivity contribution in [3.63, 3.8) is 0 Å². The molecule has 4 atom stereocenters. The fourth-order valence-electron chi connectivity index (χ4n) is 4.65. The Balaban J connectivity index is 1.50. The molecule has 0 aliphatic heterocycles. The van der Waals surface area contributed by atoms with Gasteiger partial charge in [-0.05, 0) is 77.1 Å². The number of benzene rings is 1. The number of rotatable bonds is 8. The summed E-state index contributed by atoms with van der Waals surface area (Å²) in [4.78, 5) is 2.27. The Bertz CT molecular complexity index is 628. The van der Waals surface area contributed by atoms with Gasteiger partial charge in [-0.1, -0.05) is 60.1 Å². The van der Waals surface area contributed by atoms with E-state index >= 15 is 0 Å². The molecule has 0 saturated heterocycles. The highest BCUT2D eigenvalue weighted by molar-refractivity contribution is 5.50. The zero-order valence-corrected chi connectivity index (χ0v) is 16.7. The van der Waals surface area contributed by atoms with Gasteiger partial charge in [0.2, 0.25) is 0 Å². The van der Waals surface area contributed by atoms with Gasteiger partial charge >= 0.3 is 0 Å². The van der Waals surface area contributed by atoms with Crippen LogP contribution in [-0.2, 0) is 0 Å². The molecule has 26 heavy (non-hydrogen) atoms. The van der Waals surface area contributed by atoms with Crippen LogP contribution in [0.3, 0.4) is 0 Å². The molecular formula is C24H35NO. The standard InChI is InChI=1S/C24H35NO/c1-18-8-10-19(11-9-18)12-13-22-23-16-20(15-21(23)17-24(22)26)7-5-4-6-14-25(2)3/h8-13,15,21-24,26H,4-7,14,16-17H2,1-3H3/t21-,22+,23-,24+/m0/s1. The SMILES string of the molecule is Cc1ccc(C=C[C@@H]2[C@H]3CC(CCCCCN(C)C)=C[C@H]3C[C@H]2O)cc1. The number of aliphatic hydroxyl groups excluding tert-OH is 1. The molecule has 0 spiro atoms. The molecule has 1 N–H and O–H groups in total. The molecule has 0 aromatic heterocycles. The Hall–Kier alpha value is -1.38. The highest BCUT2D eigenvalue weighted by atomic mass is 16.3. The van der Waals surface area contributed by atoms with Gasteiger partial charge in [0.05, 0.1) is 6.10 Å². The highest BCUT2D eigenvalue weighted by Crippen LogP contribution is 2.48. The smallest absolute Gasteiger partial charge is 0.0611 e. The fraction of sp³-hybridized carbons (Fsp3) is 0.583. The van der Waals surface area contributed by atoms with Crippen LogP contribution in [0.1, 0.15) is 49.7 Å². The summed E-state index contributed by atoms with van der Waals surface area (Å²) >= 11 is 0. The number of unbranched alkanes of at least 4 members (excludes halogenated alkanes) is 2. The second-order valence-electron chi connectivity index (χ2n) is 8.62. The molecule has 1 aromatic rings. The quantitative estimate of drug-likeness (QED) is 0.521. The molecule has 1 saturated carbocycles. The molecule has 3 rings (SSSR count). The zero-order valence-electron chi connectivity index (χ0n) is 16.7. The van der Waals surface area contributed by atoms with Gasteiger partial charge in [0, 0.05) is 5.92 Å². The van der Waals surface area contributed by atoms with Crippen LogP contribution in [0.5, 0.6) is 0 Å². The van der Waals surface area contributed by atoms with Crippen molar-refractivity contribution in [1.82, 2.24) is 4.90 Å². The van der Waals surface area contributed by atoms with Crippen molar-refractivity contribution in [2.75, 3.05) is 20.6 Å². The van der Waals surface area contributed by atoms with Gasteiger partial charge in [-0.25, -0.2) is 0 Å². The molecule has 1 fully saturated rings. The van der Waals surface area contributed by atoms with Crippen LogP contribution in [0.2, 0.25) is 0 Å². The Kier molecular flexibility index (Phi) is 6.72. The third-order valence-corrected chi connectivity index (χ3v) is 6.14. The second kappa shape index (κ2) is 9.01. The summed E-state index contributed by atoms with van der Waals surface area (Å²) in [5.74, 6) is 1.52. The number of allylic oxidation sites excluding steroid dienone is 2. The molecule has 2 heteroatoms. The molecule has 2 aliphatic rings. The molecule has 0 unspecified atom stereocenters. The number of hydrogen-bond donors (Lipinski definition) is 1. The molecular weight excluding hydrogens is 318 g/mol.